The molecule has 6 rings (SSSR count). The van der Waals surface area contributed by atoms with E-state index in [1.165, 1.54) is 10.9 Å². The highest BCUT2D eigenvalue weighted by Crippen LogP contribution is 2.40. The summed E-state index contributed by atoms with van der Waals surface area (Å²) in [7, 11) is 0. The first-order valence-corrected chi connectivity index (χ1v) is 15.3. The zero-order valence-electron chi connectivity index (χ0n) is 25.7. The fourth-order valence-electron chi connectivity index (χ4n) is 5.33. The van der Waals surface area contributed by atoms with Crippen molar-refractivity contribution in [3.8, 4) is 11.5 Å². The maximum absolute atomic E-state index is 9.54. The lowest BCUT2D eigenvalue weighted by Gasteiger charge is -2.27. The number of aryl methyl sites for hydroxylation is 1. The van der Waals surface area contributed by atoms with Gasteiger partial charge in [-0.2, -0.15) is 0 Å². The lowest BCUT2D eigenvalue weighted by molar-refractivity contribution is 0.474. The van der Waals surface area contributed by atoms with E-state index in [1.54, 1.807) is 24.3 Å². The standard InChI is InChI=1S/C43H35NO2/c1-32-14-23-37(24-15-32)44(38-25-16-33(17-26-38)8-2-3-9-34-18-27-39(45)28-19-34)43-31-22-36(41-12-6-7-13-42(41)43)11-5-4-10-35-20-29-40(46)30-21-35/h2-31,45-46H,1H3. The van der Waals surface area contributed by atoms with Gasteiger partial charge in [0.2, 0.25) is 0 Å². The molecule has 0 bridgehead atoms. The minimum absolute atomic E-state index is 0.266. The van der Waals surface area contributed by atoms with Gasteiger partial charge >= 0.3 is 0 Å². The molecule has 0 saturated carbocycles. The highest BCUT2D eigenvalue weighted by Gasteiger charge is 2.16. The quantitative estimate of drug-likeness (QED) is 0.163. The molecule has 0 saturated heterocycles. The largest absolute Gasteiger partial charge is 0.508 e. The molecule has 0 amide bonds. The van der Waals surface area contributed by atoms with Gasteiger partial charge in [-0.05, 0) is 89.2 Å². The number of anilines is 3. The number of allylic oxidation sites excluding steroid dienone is 4. The van der Waals surface area contributed by atoms with Crippen LogP contribution < -0.4 is 4.90 Å². The van der Waals surface area contributed by atoms with Crippen LogP contribution in [0.2, 0.25) is 0 Å². The number of rotatable bonds is 9. The van der Waals surface area contributed by atoms with Gasteiger partial charge in [-0.3, -0.25) is 0 Å². The maximum Gasteiger partial charge on any atom is 0.115 e. The zero-order chi connectivity index (χ0) is 31.7. The van der Waals surface area contributed by atoms with Gasteiger partial charge < -0.3 is 15.1 Å². The van der Waals surface area contributed by atoms with Crippen LogP contribution >= 0.6 is 0 Å². The molecule has 3 heteroatoms. The summed E-state index contributed by atoms with van der Waals surface area (Å²) in [6.45, 7) is 2.11. The van der Waals surface area contributed by atoms with Gasteiger partial charge in [0.05, 0.1) is 5.69 Å². The third kappa shape index (κ3) is 7.35. The summed E-state index contributed by atoms with van der Waals surface area (Å²) in [4.78, 5) is 2.32. The summed E-state index contributed by atoms with van der Waals surface area (Å²) in [5, 5.41) is 21.4. The van der Waals surface area contributed by atoms with Gasteiger partial charge in [-0.15, -0.1) is 0 Å². The Balaban J connectivity index is 1.30. The average molecular weight is 598 g/mol. The summed E-state index contributed by atoms with van der Waals surface area (Å²) in [5.74, 6) is 0.533. The molecular formula is C43H35NO2. The van der Waals surface area contributed by atoms with Crippen molar-refractivity contribution in [1.82, 2.24) is 0 Å². The fourth-order valence-corrected chi connectivity index (χ4v) is 5.33. The van der Waals surface area contributed by atoms with Crippen LogP contribution in [0.4, 0.5) is 17.1 Å². The van der Waals surface area contributed by atoms with Gasteiger partial charge in [0.15, 0.2) is 0 Å². The first-order valence-electron chi connectivity index (χ1n) is 15.3. The maximum atomic E-state index is 9.54. The second kappa shape index (κ2) is 14.1. The highest BCUT2D eigenvalue weighted by molar-refractivity contribution is 6.02. The topological polar surface area (TPSA) is 43.7 Å². The second-order valence-corrected chi connectivity index (χ2v) is 11.1. The van der Waals surface area contributed by atoms with E-state index in [0.717, 1.165) is 44.7 Å². The summed E-state index contributed by atoms with van der Waals surface area (Å²) in [5.41, 5.74) is 8.80. The Labute approximate surface area is 270 Å². The number of fused-ring (bicyclic) bond motifs is 1. The van der Waals surface area contributed by atoms with Crippen molar-refractivity contribution < 1.29 is 10.2 Å². The SMILES string of the molecule is Cc1ccc(N(c2ccc(C=CC=Cc3ccc(O)cc3)cc2)c2ccc(C=CC=Cc3ccc(O)cc3)c3ccccc23)cc1. The Kier molecular flexibility index (Phi) is 9.22. The van der Waals surface area contributed by atoms with Gasteiger partial charge in [0.25, 0.3) is 0 Å². The highest BCUT2D eigenvalue weighted by atomic mass is 16.3. The third-order valence-electron chi connectivity index (χ3n) is 7.77. The molecule has 0 aliphatic rings. The lowest BCUT2D eigenvalue weighted by Crippen LogP contribution is -2.10. The predicted molar refractivity (Wildman–Crippen MR) is 196 cm³/mol. The Hall–Kier alpha value is -6.06. The number of hydrogen-bond acceptors (Lipinski definition) is 3. The van der Waals surface area contributed by atoms with Gasteiger partial charge in [-0.1, -0.05) is 133 Å². The zero-order valence-corrected chi connectivity index (χ0v) is 25.7. The molecule has 0 atom stereocenters. The Morgan fingerprint density at radius 2 is 0.870 bits per heavy atom. The lowest BCUT2D eigenvalue weighted by atomic mass is 10.0. The van der Waals surface area contributed by atoms with Crippen molar-refractivity contribution in [2.45, 2.75) is 6.92 Å². The van der Waals surface area contributed by atoms with Crippen LogP contribution in [-0.4, -0.2) is 10.2 Å². The van der Waals surface area contributed by atoms with Crippen molar-refractivity contribution in [3.63, 3.8) is 0 Å². The predicted octanol–water partition coefficient (Wildman–Crippen LogP) is 11.5. The van der Waals surface area contributed by atoms with Crippen molar-refractivity contribution in [1.29, 1.82) is 0 Å². The second-order valence-electron chi connectivity index (χ2n) is 11.1. The van der Waals surface area contributed by atoms with Crippen LogP contribution in [0, 0.1) is 6.92 Å². The van der Waals surface area contributed by atoms with E-state index >= 15 is 0 Å². The van der Waals surface area contributed by atoms with Crippen LogP contribution in [0.1, 0.15) is 27.8 Å². The van der Waals surface area contributed by atoms with Gasteiger partial charge in [0.1, 0.15) is 11.5 Å². The van der Waals surface area contributed by atoms with Crippen LogP contribution in [-0.2, 0) is 0 Å². The molecule has 2 N–H and O–H groups in total. The van der Waals surface area contributed by atoms with E-state index in [1.807, 2.05) is 54.6 Å². The summed E-state index contributed by atoms with van der Waals surface area (Å²) >= 11 is 0. The number of phenols is 2. The van der Waals surface area contributed by atoms with Crippen LogP contribution in [0.3, 0.4) is 0 Å². The number of nitrogens with zero attached hydrogens (tertiary/aromatic N) is 1. The smallest absolute Gasteiger partial charge is 0.115 e. The molecule has 6 aromatic carbocycles. The van der Waals surface area contributed by atoms with Crippen molar-refractivity contribution in [2.75, 3.05) is 4.90 Å². The Morgan fingerprint density at radius 1 is 0.435 bits per heavy atom. The average Bonchev–Trinajstić information content (AvgIpc) is 3.09. The molecule has 0 aromatic heterocycles. The molecule has 6 aromatic rings. The molecule has 0 aliphatic carbocycles. The van der Waals surface area contributed by atoms with Crippen LogP contribution in [0.15, 0.2) is 158 Å². The molecule has 3 nitrogen and oxygen atoms in total. The summed E-state index contributed by atoms with van der Waals surface area (Å²) in [6.07, 6.45) is 16.4. The van der Waals surface area contributed by atoms with E-state index in [2.05, 4.69) is 115 Å². The van der Waals surface area contributed by atoms with E-state index < -0.39 is 0 Å². The van der Waals surface area contributed by atoms with E-state index in [9.17, 15) is 10.2 Å². The number of benzene rings is 6. The number of aromatic hydroxyl groups is 2. The summed E-state index contributed by atoms with van der Waals surface area (Å²) < 4.78 is 0. The Bertz CT molecular complexity index is 2030. The molecule has 0 heterocycles. The van der Waals surface area contributed by atoms with Gasteiger partial charge in [0, 0.05) is 16.8 Å². The summed E-state index contributed by atoms with van der Waals surface area (Å²) in [6, 6.07) is 44.5. The van der Waals surface area contributed by atoms with Crippen molar-refractivity contribution >= 4 is 52.1 Å². The fraction of sp³-hybridized carbons (Fsp3) is 0.0233. The molecule has 224 valence electrons. The minimum Gasteiger partial charge on any atom is -0.508 e. The van der Waals surface area contributed by atoms with E-state index in [0.29, 0.717) is 0 Å². The van der Waals surface area contributed by atoms with Crippen molar-refractivity contribution in [2.24, 2.45) is 0 Å². The molecule has 0 radical (unpaired) electrons. The molecular weight excluding hydrogens is 562 g/mol. The van der Waals surface area contributed by atoms with Crippen LogP contribution in [0.25, 0.3) is 35.1 Å². The van der Waals surface area contributed by atoms with Crippen molar-refractivity contribution in [3.05, 3.63) is 186 Å². The first-order chi connectivity index (χ1) is 22.5. The van der Waals surface area contributed by atoms with Crippen LogP contribution in [0.5, 0.6) is 11.5 Å². The van der Waals surface area contributed by atoms with E-state index in [4.69, 9.17) is 0 Å². The molecule has 0 spiro atoms. The Morgan fingerprint density at radius 3 is 1.39 bits per heavy atom. The number of hydrogen-bond donors (Lipinski definition) is 2. The number of phenolic OH excluding ortho intramolecular Hbond substituents is 2. The molecule has 46 heavy (non-hydrogen) atoms. The molecule has 0 aliphatic heterocycles. The monoisotopic (exact) mass is 597 g/mol. The van der Waals surface area contributed by atoms with Gasteiger partial charge in [-0.25, -0.2) is 0 Å². The third-order valence-corrected chi connectivity index (χ3v) is 7.77. The molecule has 0 unspecified atom stereocenters. The minimum atomic E-state index is 0.266. The normalized spacial score (nSPS) is 11.8. The first kappa shape index (κ1) is 30.0. The molecule has 0 fully saturated rings. The van der Waals surface area contributed by atoms with E-state index in [-0.39, 0.29) is 11.5 Å².